The van der Waals surface area contributed by atoms with E-state index in [1.54, 1.807) is 19.0 Å². The van der Waals surface area contributed by atoms with Gasteiger partial charge in [-0.05, 0) is 81.3 Å². The van der Waals surface area contributed by atoms with Gasteiger partial charge in [0.25, 0.3) is 5.91 Å². The van der Waals surface area contributed by atoms with Crippen molar-refractivity contribution in [1.29, 1.82) is 0 Å². The van der Waals surface area contributed by atoms with E-state index in [4.69, 9.17) is 11.5 Å². The lowest BCUT2D eigenvalue weighted by Crippen LogP contribution is -2.55. The molecule has 2 aromatic rings. The fourth-order valence-corrected chi connectivity index (χ4v) is 7.46. The van der Waals surface area contributed by atoms with Crippen molar-refractivity contribution in [3.05, 3.63) is 75.6 Å². The van der Waals surface area contributed by atoms with Crippen molar-refractivity contribution in [1.82, 2.24) is 4.90 Å². The van der Waals surface area contributed by atoms with Crippen LogP contribution in [0.3, 0.4) is 0 Å². The molecule has 0 aromatic heterocycles. The van der Waals surface area contributed by atoms with Crippen LogP contribution < -0.4 is 16.4 Å². The molecule has 1 fully saturated rings. The summed E-state index contributed by atoms with van der Waals surface area (Å²) in [5, 5.41) is 34.3. The van der Waals surface area contributed by atoms with Crippen LogP contribution in [0.5, 0.6) is 5.75 Å². The summed E-state index contributed by atoms with van der Waals surface area (Å²) in [4.78, 5) is 43.3. The Balaban J connectivity index is 1.61. The number of fused-ring (bicyclic) bond motifs is 3. The minimum absolute atomic E-state index is 0.0572. The molecule has 3 aliphatic rings. The number of rotatable bonds is 7. The summed E-state index contributed by atoms with van der Waals surface area (Å²) in [7, 11) is 7.14. The van der Waals surface area contributed by atoms with Crippen LogP contribution in [0.4, 0.5) is 5.69 Å². The van der Waals surface area contributed by atoms with Gasteiger partial charge >= 0.3 is 0 Å². The normalized spacial score (nSPS) is 24.8. The molecule has 0 radical (unpaired) electrons. The smallest absolute Gasteiger partial charge is 0.255 e. The van der Waals surface area contributed by atoms with Gasteiger partial charge in [-0.25, -0.2) is 0 Å². The number of anilines is 1. The zero-order valence-electron chi connectivity index (χ0n) is 25.2. The highest BCUT2D eigenvalue weighted by Gasteiger charge is 2.56. The second kappa shape index (κ2) is 10.8. The van der Waals surface area contributed by atoms with Crippen LogP contribution in [0.25, 0.3) is 5.76 Å². The number of phenols is 1. The average Bonchev–Trinajstić information content (AvgIpc) is 2.89. The molecule has 2 aromatic carbocycles. The number of amides is 1. The largest absolute Gasteiger partial charge is 0.510 e. The van der Waals surface area contributed by atoms with E-state index in [-0.39, 0.29) is 22.6 Å². The van der Waals surface area contributed by atoms with Crippen molar-refractivity contribution < 1.29 is 29.7 Å². The van der Waals surface area contributed by atoms with Crippen molar-refractivity contribution in [2.75, 3.05) is 33.1 Å². The molecule has 7 N–H and O–H groups in total. The number of aromatic hydroxyl groups is 1. The highest BCUT2D eigenvalue weighted by molar-refractivity contribution is 6.28. The van der Waals surface area contributed by atoms with Crippen LogP contribution in [-0.4, -0.2) is 77.5 Å². The number of hydrogen-bond donors (Lipinski definition) is 5. The number of carbonyl (C=O) groups is 3. The van der Waals surface area contributed by atoms with Crippen molar-refractivity contribution in [3.63, 3.8) is 0 Å². The lowest BCUT2D eigenvalue weighted by molar-refractivity contribution is -0.136. The number of hydrogen-bond acceptors (Lipinski definition) is 9. The molecule has 1 amide bonds. The van der Waals surface area contributed by atoms with Crippen LogP contribution in [0.2, 0.25) is 0 Å². The van der Waals surface area contributed by atoms with Gasteiger partial charge in [-0.1, -0.05) is 30.3 Å². The van der Waals surface area contributed by atoms with Crippen LogP contribution in [0, 0.1) is 17.8 Å². The topological polar surface area (TPSA) is 170 Å². The quantitative estimate of drug-likeness (QED) is 0.241. The van der Waals surface area contributed by atoms with Gasteiger partial charge in [0.1, 0.15) is 22.8 Å². The molecule has 10 nitrogen and oxygen atoms in total. The predicted octanol–water partition coefficient (Wildman–Crippen LogP) is 2.42. The third kappa shape index (κ3) is 5.08. The summed E-state index contributed by atoms with van der Waals surface area (Å²) in [6.07, 6.45) is 1.47. The van der Waals surface area contributed by atoms with E-state index in [2.05, 4.69) is 0 Å². The SMILES string of the molecule is CN(C)c1cc(CC(C)(N)Cc2ccccc2)c(O)c2c1CC1CC3C(C(=O)C(C(N)=O)=C(O)[C@H]3N(C)C)C(=O)C1=C2O. The molecule has 5 rings (SSSR count). The number of ketones is 2. The number of benzene rings is 2. The first-order valence-electron chi connectivity index (χ1n) is 14.4. The molecule has 1 saturated carbocycles. The van der Waals surface area contributed by atoms with Gasteiger partial charge in [-0.3, -0.25) is 19.3 Å². The molecular weight excluding hydrogens is 548 g/mol. The number of aliphatic hydroxyl groups is 2. The van der Waals surface area contributed by atoms with Gasteiger partial charge in [0.15, 0.2) is 11.6 Å². The highest BCUT2D eigenvalue weighted by Crippen LogP contribution is 2.52. The van der Waals surface area contributed by atoms with E-state index in [0.717, 1.165) is 11.3 Å². The Morgan fingerprint density at radius 2 is 1.67 bits per heavy atom. The first kappa shape index (κ1) is 30.3. The van der Waals surface area contributed by atoms with Gasteiger partial charge < -0.3 is 31.7 Å². The lowest BCUT2D eigenvalue weighted by Gasteiger charge is -2.46. The van der Waals surface area contributed by atoms with E-state index in [1.807, 2.05) is 62.3 Å². The predicted molar refractivity (Wildman–Crippen MR) is 164 cm³/mol. The standard InChI is InChI=1S/C33H40N4O6/c1-33(35,14-16-9-7-6-8-10-16)15-18-13-21(36(2)3)19-11-17-12-20-24(29(40)22(17)28(39)23(19)27(18)38)30(41)25(32(34)43)31(42)26(20)37(4)5/h6-10,13,17,20,24,26,38-39,42H,11-12,14-15,35H2,1-5H3,(H2,34,43)/t17?,20?,24?,26-,33?/m0/s1. The summed E-state index contributed by atoms with van der Waals surface area (Å²) in [6.45, 7) is 1.91. The summed E-state index contributed by atoms with van der Waals surface area (Å²) in [5.74, 6) is -5.90. The molecule has 228 valence electrons. The highest BCUT2D eigenvalue weighted by atomic mass is 16.3. The number of nitrogens with zero attached hydrogens (tertiary/aromatic N) is 2. The number of nitrogens with two attached hydrogens (primary N) is 2. The Hall–Kier alpha value is -4.15. The molecule has 43 heavy (non-hydrogen) atoms. The third-order valence-electron chi connectivity index (χ3n) is 9.15. The molecule has 0 aliphatic heterocycles. The van der Waals surface area contributed by atoms with Crippen LogP contribution in [-0.2, 0) is 33.6 Å². The van der Waals surface area contributed by atoms with Crippen molar-refractivity contribution in [2.45, 2.75) is 44.2 Å². The molecule has 0 saturated heterocycles. The van der Waals surface area contributed by atoms with E-state index in [9.17, 15) is 29.7 Å². The summed E-state index contributed by atoms with van der Waals surface area (Å²) in [5.41, 5.74) is 14.1. The number of phenolic OH excluding ortho intramolecular Hbond substituents is 1. The number of likely N-dealkylation sites (N-methyl/N-ethyl adjacent to an activating group) is 1. The molecule has 10 heteroatoms. The zero-order valence-corrected chi connectivity index (χ0v) is 25.2. The number of allylic oxidation sites excluding steroid dienone is 1. The maximum Gasteiger partial charge on any atom is 0.255 e. The van der Waals surface area contributed by atoms with Crippen LogP contribution in [0.15, 0.2) is 53.3 Å². The zero-order chi connectivity index (χ0) is 31.5. The minimum atomic E-state index is -1.29. The van der Waals surface area contributed by atoms with E-state index >= 15 is 0 Å². The monoisotopic (exact) mass is 588 g/mol. The summed E-state index contributed by atoms with van der Waals surface area (Å²) < 4.78 is 0. The van der Waals surface area contributed by atoms with Crippen molar-refractivity contribution in [2.24, 2.45) is 29.2 Å². The van der Waals surface area contributed by atoms with Gasteiger partial charge in [0, 0.05) is 30.9 Å². The molecule has 4 unspecified atom stereocenters. The summed E-state index contributed by atoms with van der Waals surface area (Å²) in [6, 6.07) is 10.9. The van der Waals surface area contributed by atoms with Gasteiger partial charge in [-0.2, -0.15) is 0 Å². The minimum Gasteiger partial charge on any atom is -0.510 e. The van der Waals surface area contributed by atoms with E-state index < -0.39 is 58.1 Å². The molecule has 0 spiro atoms. The maximum atomic E-state index is 14.1. The Morgan fingerprint density at radius 1 is 1.02 bits per heavy atom. The van der Waals surface area contributed by atoms with Crippen LogP contribution >= 0.6 is 0 Å². The Labute approximate surface area is 251 Å². The Bertz CT molecular complexity index is 1570. The van der Waals surface area contributed by atoms with E-state index in [0.29, 0.717) is 36.8 Å². The molecule has 0 heterocycles. The molecular formula is C33H40N4O6. The van der Waals surface area contributed by atoms with Gasteiger partial charge in [0.2, 0.25) is 0 Å². The van der Waals surface area contributed by atoms with Gasteiger partial charge in [0.05, 0.1) is 17.5 Å². The molecule has 5 atom stereocenters. The molecule has 0 bridgehead atoms. The number of aliphatic hydroxyl groups excluding tert-OH is 2. The summed E-state index contributed by atoms with van der Waals surface area (Å²) >= 11 is 0. The van der Waals surface area contributed by atoms with E-state index in [1.165, 1.54) is 0 Å². The van der Waals surface area contributed by atoms with Crippen molar-refractivity contribution in [3.8, 4) is 5.75 Å². The lowest BCUT2D eigenvalue weighted by atomic mass is 9.59. The first-order chi connectivity index (χ1) is 20.1. The average molecular weight is 589 g/mol. The number of carbonyl (C=O) groups excluding carboxylic acids is 3. The fourth-order valence-electron chi connectivity index (χ4n) is 7.46. The van der Waals surface area contributed by atoms with Crippen LogP contribution in [0.1, 0.15) is 35.6 Å². The number of primary amides is 1. The number of Topliss-reactive ketones (excluding diaryl/α,β-unsaturated/α-hetero) is 2. The first-order valence-corrected chi connectivity index (χ1v) is 14.4. The second-order valence-corrected chi connectivity index (χ2v) is 12.9. The second-order valence-electron chi connectivity index (χ2n) is 12.9. The molecule has 3 aliphatic carbocycles. The fraction of sp³-hybridized carbons (Fsp3) is 0.424. The van der Waals surface area contributed by atoms with Crippen molar-refractivity contribution >= 4 is 28.9 Å². The Kier molecular flexibility index (Phi) is 7.64. The Morgan fingerprint density at radius 3 is 2.26 bits per heavy atom. The van der Waals surface area contributed by atoms with Gasteiger partial charge in [-0.15, -0.1) is 0 Å². The maximum absolute atomic E-state index is 14.1. The third-order valence-corrected chi connectivity index (χ3v) is 9.15.